The molecule has 0 radical (unpaired) electrons. The molecule has 1 aliphatic heterocycles. The van der Waals surface area contributed by atoms with Crippen molar-refractivity contribution in [1.29, 1.82) is 0 Å². The van der Waals surface area contributed by atoms with Gasteiger partial charge in [0.1, 0.15) is 11.6 Å². The Bertz CT molecular complexity index is 743. The van der Waals surface area contributed by atoms with Gasteiger partial charge in [0, 0.05) is 24.0 Å². The Morgan fingerprint density at radius 3 is 2.67 bits per heavy atom. The fraction of sp³-hybridized carbons (Fsp3) is 0.278. The number of anilines is 1. The first kappa shape index (κ1) is 12.5. The summed E-state index contributed by atoms with van der Waals surface area (Å²) in [4.78, 5) is 7.21. The van der Waals surface area contributed by atoms with Crippen molar-refractivity contribution in [2.45, 2.75) is 19.3 Å². The van der Waals surface area contributed by atoms with Gasteiger partial charge in [0.05, 0.1) is 11.8 Å². The molecular formula is C18H18N2O. The lowest BCUT2D eigenvalue weighted by atomic mass is 10.1. The van der Waals surface area contributed by atoms with E-state index in [1.54, 1.807) is 6.26 Å². The molecule has 0 atom stereocenters. The predicted molar refractivity (Wildman–Crippen MR) is 85.5 cm³/mol. The van der Waals surface area contributed by atoms with Crippen LogP contribution in [-0.2, 0) is 0 Å². The van der Waals surface area contributed by atoms with E-state index in [4.69, 9.17) is 9.40 Å². The molecule has 0 N–H and O–H groups in total. The Balaban J connectivity index is 1.70. The maximum atomic E-state index is 5.46. The third-order valence-corrected chi connectivity index (χ3v) is 4.16. The lowest BCUT2D eigenvalue weighted by molar-refractivity contribution is 0.574. The van der Waals surface area contributed by atoms with Crippen LogP contribution in [0.2, 0.25) is 0 Å². The van der Waals surface area contributed by atoms with Crippen molar-refractivity contribution in [3.63, 3.8) is 0 Å². The van der Waals surface area contributed by atoms with E-state index in [0.29, 0.717) is 0 Å². The molecule has 0 bridgehead atoms. The van der Waals surface area contributed by atoms with E-state index in [1.807, 2.05) is 12.1 Å². The highest BCUT2D eigenvalue weighted by molar-refractivity contribution is 5.84. The highest BCUT2D eigenvalue weighted by Crippen LogP contribution is 2.26. The van der Waals surface area contributed by atoms with Gasteiger partial charge in [-0.25, -0.2) is 4.98 Å². The summed E-state index contributed by atoms with van der Waals surface area (Å²) in [6.45, 7) is 2.26. The van der Waals surface area contributed by atoms with Gasteiger partial charge >= 0.3 is 0 Å². The van der Waals surface area contributed by atoms with Crippen LogP contribution < -0.4 is 4.90 Å². The van der Waals surface area contributed by atoms with Crippen LogP contribution in [0.1, 0.15) is 19.3 Å². The molecule has 106 valence electrons. The number of piperidine rings is 1. The third-order valence-electron chi connectivity index (χ3n) is 4.16. The van der Waals surface area contributed by atoms with Gasteiger partial charge in [-0.1, -0.05) is 0 Å². The molecule has 3 aromatic rings. The summed E-state index contributed by atoms with van der Waals surface area (Å²) in [5.74, 6) is 2.00. The molecule has 3 nitrogen and oxygen atoms in total. The van der Waals surface area contributed by atoms with Crippen molar-refractivity contribution in [3.05, 3.63) is 48.7 Å². The Kier molecular flexibility index (Phi) is 3.11. The first-order valence-corrected chi connectivity index (χ1v) is 7.60. The number of benzene rings is 1. The molecule has 3 heterocycles. The molecule has 1 aliphatic rings. The summed E-state index contributed by atoms with van der Waals surface area (Å²) in [6, 6.07) is 14.5. The average Bonchev–Trinajstić information content (AvgIpc) is 3.09. The maximum absolute atomic E-state index is 5.46. The number of rotatable bonds is 2. The SMILES string of the molecule is c1coc(-c2ccc3nc(N4CCCCC4)ccc3c2)c1. The Morgan fingerprint density at radius 2 is 1.86 bits per heavy atom. The number of pyridine rings is 1. The fourth-order valence-corrected chi connectivity index (χ4v) is 3.01. The Morgan fingerprint density at radius 1 is 0.952 bits per heavy atom. The van der Waals surface area contributed by atoms with Crippen LogP contribution in [0.5, 0.6) is 0 Å². The number of aromatic nitrogens is 1. The van der Waals surface area contributed by atoms with Crippen molar-refractivity contribution in [3.8, 4) is 11.3 Å². The topological polar surface area (TPSA) is 29.3 Å². The summed E-state index contributed by atoms with van der Waals surface area (Å²) in [6.07, 6.45) is 5.60. The number of hydrogen-bond donors (Lipinski definition) is 0. The van der Waals surface area contributed by atoms with Crippen molar-refractivity contribution >= 4 is 16.7 Å². The van der Waals surface area contributed by atoms with E-state index >= 15 is 0 Å². The summed E-state index contributed by atoms with van der Waals surface area (Å²) in [5.41, 5.74) is 2.15. The summed E-state index contributed by atoms with van der Waals surface area (Å²) in [5, 5.41) is 1.16. The minimum Gasteiger partial charge on any atom is -0.464 e. The third kappa shape index (κ3) is 2.40. The van der Waals surface area contributed by atoms with Gasteiger partial charge < -0.3 is 9.32 Å². The summed E-state index contributed by atoms with van der Waals surface area (Å²) in [7, 11) is 0. The van der Waals surface area contributed by atoms with E-state index in [0.717, 1.165) is 41.1 Å². The zero-order valence-electron chi connectivity index (χ0n) is 12.0. The van der Waals surface area contributed by atoms with Crippen LogP contribution in [0.15, 0.2) is 53.1 Å². The van der Waals surface area contributed by atoms with E-state index < -0.39 is 0 Å². The zero-order valence-corrected chi connectivity index (χ0v) is 12.0. The second-order valence-corrected chi connectivity index (χ2v) is 5.60. The standard InChI is InChI=1S/C18H18N2O/c1-2-10-20(11-3-1)18-9-7-14-13-15(6-8-16(14)19-18)17-5-4-12-21-17/h4-9,12-13H,1-3,10-11H2. The van der Waals surface area contributed by atoms with E-state index in [2.05, 4.69) is 35.2 Å². The lowest BCUT2D eigenvalue weighted by Crippen LogP contribution is -2.30. The largest absolute Gasteiger partial charge is 0.464 e. The number of nitrogens with zero attached hydrogens (tertiary/aromatic N) is 2. The highest BCUT2D eigenvalue weighted by Gasteiger charge is 2.12. The maximum Gasteiger partial charge on any atom is 0.133 e. The molecule has 0 aliphatic carbocycles. The van der Waals surface area contributed by atoms with Crippen molar-refractivity contribution in [2.24, 2.45) is 0 Å². The van der Waals surface area contributed by atoms with Crippen LogP contribution in [0.25, 0.3) is 22.2 Å². The van der Waals surface area contributed by atoms with Gasteiger partial charge in [-0.2, -0.15) is 0 Å². The zero-order chi connectivity index (χ0) is 14.1. The Hall–Kier alpha value is -2.29. The second-order valence-electron chi connectivity index (χ2n) is 5.60. The van der Waals surface area contributed by atoms with Gasteiger partial charge in [-0.05, 0) is 61.7 Å². The molecule has 0 spiro atoms. The molecule has 1 fully saturated rings. The van der Waals surface area contributed by atoms with Gasteiger partial charge in [0.2, 0.25) is 0 Å². The van der Waals surface area contributed by atoms with Crippen LogP contribution in [0.4, 0.5) is 5.82 Å². The van der Waals surface area contributed by atoms with Crippen molar-refractivity contribution in [1.82, 2.24) is 4.98 Å². The molecule has 1 saturated heterocycles. The van der Waals surface area contributed by atoms with Crippen LogP contribution in [0.3, 0.4) is 0 Å². The number of hydrogen-bond acceptors (Lipinski definition) is 3. The van der Waals surface area contributed by atoms with Crippen LogP contribution in [0, 0.1) is 0 Å². The smallest absolute Gasteiger partial charge is 0.133 e. The first-order valence-electron chi connectivity index (χ1n) is 7.60. The lowest BCUT2D eigenvalue weighted by Gasteiger charge is -2.27. The van der Waals surface area contributed by atoms with Crippen molar-refractivity contribution < 1.29 is 4.42 Å². The number of furan rings is 1. The molecule has 0 saturated carbocycles. The van der Waals surface area contributed by atoms with Crippen LogP contribution in [-0.4, -0.2) is 18.1 Å². The monoisotopic (exact) mass is 278 g/mol. The molecule has 1 aromatic carbocycles. The average molecular weight is 278 g/mol. The van der Waals surface area contributed by atoms with Crippen LogP contribution >= 0.6 is 0 Å². The van der Waals surface area contributed by atoms with Crippen molar-refractivity contribution in [2.75, 3.05) is 18.0 Å². The normalized spacial score (nSPS) is 15.5. The highest BCUT2D eigenvalue weighted by atomic mass is 16.3. The quantitative estimate of drug-likeness (QED) is 0.692. The minimum atomic E-state index is 0.900. The number of fused-ring (bicyclic) bond motifs is 1. The van der Waals surface area contributed by atoms with E-state index in [1.165, 1.54) is 19.3 Å². The molecular weight excluding hydrogens is 260 g/mol. The van der Waals surface area contributed by atoms with Gasteiger partial charge in [0.25, 0.3) is 0 Å². The molecule has 2 aromatic heterocycles. The summed E-state index contributed by atoms with van der Waals surface area (Å²) < 4.78 is 5.46. The van der Waals surface area contributed by atoms with Gasteiger partial charge in [-0.15, -0.1) is 0 Å². The minimum absolute atomic E-state index is 0.900. The molecule has 0 amide bonds. The first-order chi connectivity index (χ1) is 10.4. The van der Waals surface area contributed by atoms with E-state index in [-0.39, 0.29) is 0 Å². The van der Waals surface area contributed by atoms with E-state index in [9.17, 15) is 0 Å². The molecule has 4 rings (SSSR count). The second kappa shape index (κ2) is 5.24. The molecule has 0 unspecified atom stereocenters. The molecule has 3 heteroatoms. The summed E-state index contributed by atoms with van der Waals surface area (Å²) >= 11 is 0. The predicted octanol–water partition coefficient (Wildman–Crippen LogP) is 4.49. The molecule has 21 heavy (non-hydrogen) atoms. The van der Waals surface area contributed by atoms with Gasteiger partial charge in [-0.3, -0.25) is 0 Å². The Labute approximate surface area is 124 Å². The fourth-order valence-electron chi connectivity index (χ4n) is 3.01. The van der Waals surface area contributed by atoms with Gasteiger partial charge in [0.15, 0.2) is 0 Å².